The first kappa shape index (κ1) is 44.8. The second-order valence-corrected chi connectivity index (χ2v) is 14.9. The summed E-state index contributed by atoms with van der Waals surface area (Å²) in [4.78, 5) is 78.2. The number of fused-ring (bicyclic) bond motifs is 1. The molecular weight excluding hydrogens is 761 g/mol. The number of nitrogens with one attached hydrogen (secondary N) is 8. The molecular formula is C45H58N10O5. The zero-order chi connectivity index (χ0) is 42.5. The van der Waals surface area contributed by atoms with Crippen molar-refractivity contribution in [2.45, 2.75) is 89.0 Å². The van der Waals surface area contributed by atoms with Crippen LogP contribution in [0.1, 0.15) is 61.4 Å². The predicted octanol–water partition coefficient (Wildman–Crippen LogP) is 2.69. The number of unbranched alkanes of at least 4 members (excludes halogenated alkanes) is 2. The van der Waals surface area contributed by atoms with Gasteiger partial charge in [-0.15, -0.1) is 0 Å². The standard InChI is InChI=1S/C45H58N10O5/c1-2-3-22-49-38(25-34-28-48-30-52-34)44(59)54-39(23-31-14-6-4-7-15-31)45(60)53-37(20-12-13-21-47-26-32-16-8-5-9-17-32)43(58)55-40(42(57)51-29-41(46)56)24-33-27-50-36-19-11-10-18-35(33)36/h4-11,14-19,27-28,30,37-40,47,49-50H,2-3,12-13,20-26,29H2,1H3,(H2,46,56)(H,48,52)(H,51,57)(H,53,60)(H,54,59)(H,55,58)/t37-,38-,39+,40-/m0/s1. The third kappa shape index (κ3) is 14.5. The van der Waals surface area contributed by atoms with Crippen molar-refractivity contribution in [3.63, 3.8) is 0 Å². The van der Waals surface area contributed by atoms with E-state index in [-0.39, 0.29) is 25.2 Å². The van der Waals surface area contributed by atoms with Crippen molar-refractivity contribution in [2.75, 3.05) is 19.6 Å². The Labute approximate surface area is 350 Å². The number of aromatic amines is 2. The van der Waals surface area contributed by atoms with E-state index in [1.54, 1.807) is 18.7 Å². The molecule has 0 aliphatic carbocycles. The molecule has 4 atom stereocenters. The van der Waals surface area contributed by atoms with Gasteiger partial charge in [-0.3, -0.25) is 24.0 Å². The van der Waals surface area contributed by atoms with Gasteiger partial charge in [-0.1, -0.05) is 92.2 Å². The Hall–Kier alpha value is -6.32. The molecule has 5 aromatic rings. The number of primary amides is 1. The summed E-state index contributed by atoms with van der Waals surface area (Å²) in [5, 5.41) is 19.0. The summed E-state index contributed by atoms with van der Waals surface area (Å²) in [6.07, 6.45) is 8.90. The summed E-state index contributed by atoms with van der Waals surface area (Å²) in [6.45, 7) is 3.62. The van der Waals surface area contributed by atoms with E-state index in [9.17, 15) is 24.0 Å². The number of hydrogen-bond acceptors (Lipinski definition) is 8. The zero-order valence-electron chi connectivity index (χ0n) is 34.2. The van der Waals surface area contributed by atoms with Crippen LogP contribution in [-0.2, 0) is 49.8 Å². The molecule has 15 nitrogen and oxygen atoms in total. The summed E-state index contributed by atoms with van der Waals surface area (Å²) >= 11 is 0. The maximum Gasteiger partial charge on any atom is 0.243 e. The maximum absolute atomic E-state index is 14.4. The lowest BCUT2D eigenvalue weighted by Gasteiger charge is -2.27. The van der Waals surface area contributed by atoms with E-state index < -0.39 is 54.3 Å². The van der Waals surface area contributed by atoms with E-state index in [1.807, 2.05) is 84.9 Å². The topological polar surface area (TPSA) is 228 Å². The summed E-state index contributed by atoms with van der Waals surface area (Å²) in [6, 6.07) is 23.1. The second-order valence-electron chi connectivity index (χ2n) is 14.9. The van der Waals surface area contributed by atoms with Crippen LogP contribution in [0.4, 0.5) is 0 Å². The average Bonchev–Trinajstić information content (AvgIpc) is 3.93. The van der Waals surface area contributed by atoms with Crippen LogP contribution in [0.25, 0.3) is 10.9 Å². The number of nitrogens with zero attached hydrogens (tertiary/aromatic N) is 1. The van der Waals surface area contributed by atoms with Crippen LogP contribution in [0.3, 0.4) is 0 Å². The number of carbonyl (C=O) groups excluding carboxylic acids is 5. The molecule has 318 valence electrons. The lowest BCUT2D eigenvalue weighted by molar-refractivity contribution is -0.134. The van der Waals surface area contributed by atoms with Crippen molar-refractivity contribution in [2.24, 2.45) is 5.73 Å². The monoisotopic (exact) mass is 818 g/mol. The third-order valence-electron chi connectivity index (χ3n) is 10.2. The first-order valence-corrected chi connectivity index (χ1v) is 20.7. The Morgan fingerprint density at radius 3 is 2.02 bits per heavy atom. The minimum atomic E-state index is -1.11. The highest BCUT2D eigenvalue weighted by Crippen LogP contribution is 2.19. The van der Waals surface area contributed by atoms with Gasteiger partial charge in [0.05, 0.1) is 18.9 Å². The number of imidazole rings is 1. The first-order chi connectivity index (χ1) is 29.2. The molecule has 15 heteroatoms. The number of benzene rings is 3. The molecule has 0 saturated carbocycles. The van der Waals surface area contributed by atoms with E-state index in [0.29, 0.717) is 38.9 Å². The summed E-state index contributed by atoms with van der Waals surface area (Å²) in [7, 11) is 0. The van der Waals surface area contributed by atoms with Gasteiger partial charge in [-0.2, -0.15) is 0 Å². The first-order valence-electron chi connectivity index (χ1n) is 20.7. The Kier molecular flexibility index (Phi) is 17.9. The summed E-state index contributed by atoms with van der Waals surface area (Å²) < 4.78 is 0. The molecule has 0 unspecified atom stereocenters. The SMILES string of the molecule is CCCCN[C@@H](Cc1cnc[nH]1)C(=O)N[C@H](Cc1ccccc1)C(=O)N[C@@H](CCCCNCc1ccccc1)C(=O)N[C@@H](Cc1c[nH]c2ccccc12)C(=O)NCC(N)=O. The summed E-state index contributed by atoms with van der Waals surface area (Å²) in [5.41, 5.74) is 9.71. The van der Waals surface area contributed by atoms with Gasteiger partial charge in [0, 0.05) is 54.8 Å². The second kappa shape index (κ2) is 23.9. The number of carbonyl (C=O) groups is 5. The Bertz CT molecular complexity index is 2090. The maximum atomic E-state index is 14.4. The Morgan fingerprint density at radius 1 is 0.667 bits per heavy atom. The van der Waals surface area contributed by atoms with Crippen molar-refractivity contribution in [3.05, 3.63) is 126 Å². The molecule has 0 aliphatic rings. The number of H-pyrrole nitrogens is 2. The molecule has 5 rings (SSSR count). The molecule has 10 N–H and O–H groups in total. The lowest BCUT2D eigenvalue weighted by Crippen LogP contribution is -2.59. The fraction of sp³-hybridized carbons (Fsp3) is 0.378. The van der Waals surface area contributed by atoms with Crippen LogP contribution < -0.4 is 37.6 Å². The van der Waals surface area contributed by atoms with Crippen LogP contribution in [0, 0.1) is 0 Å². The van der Waals surface area contributed by atoms with Gasteiger partial charge < -0.3 is 47.6 Å². The predicted molar refractivity (Wildman–Crippen MR) is 231 cm³/mol. The number of amides is 5. The van der Waals surface area contributed by atoms with Crippen molar-refractivity contribution >= 4 is 40.4 Å². The van der Waals surface area contributed by atoms with Gasteiger partial charge in [0.2, 0.25) is 29.5 Å². The van der Waals surface area contributed by atoms with Crippen molar-refractivity contribution < 1.29 is 24.0 Å². The minimum Gasteiger partial charge on any atom is -0.368 e. The molecule has 5 amide bonds. The molecule has 0 spiro atoms. The van der Waals surface area contributed by atoms with Crippen molar-refractivity contribution in [3.8, 4) is 0 Å². The van der Waals surface area contributed by atoms with Gasteiger partial charge in [0.25, 0.3) is 0 Å². The number of hydrogen-bond donors (Lipinski definition) is 9. The quantitative estimate of drug-likeness (QED) is 0.0376. The van der Waals surface area contributed by atoms with Crippen LogP contribution in [-0.4, -0.2) is 88.3 Å². The normalized spacial score (nSPS) is 13.2. The Balaban J connectivity index is 1.36. The fourth-order valence-corrected chi connectivity index (χ4v) is 6.93. The van der Waals surface area contributed by atoms with Crippen LogP contribution in [0.15, 0.2) is 104 Å². The highest BCUT2D eigenvalue weighted by Gasteiger charge is 2.32. The largest absolute Gasteiger partial charge is 0.368 e. The molecule has 3 aromatic carbocycles. The Morgan fingerprint density at radius 2 is 1.32 bits per heavy atom. The minimum absolute atomic E-state index is 0.0971. The molecule has 0 fully saturated rings. The highest BCUT2D eigenvalue weighted by molar-refractivity contribution is 5.96. The van der Waals surface area contributed by atoms with Gasteiger partial charge in [0.15, 0.2) is 0 Å². The smallest absolute Gasteiger partial charge is 0.243 e. The van der Waals surface area contributed by atoms with E-state index in [1.165, 1.54) is 0 Å². The van der Waals surface area contributed by atoms with E-state index in [0.717, 1.165) is 46.1 Å². The lowest BCUT2D eigenvalue weighted by atomic mass is 10.0. The van der Waals surface area contributed by atoms with E-state index in [2.05, 4.69) is 53.8 Å². The molecule has 2 aromatic heterocycles. The molecule has 0 bridgehead atoms. The van der Waals surface area contributed by atoms with Gasteiger partial charge in [0.1, 0.15) is 18.1 Å². The van der Waals surface area contributed by atoms with Crippen molar-refractivity contribution in [1.29, 1.82) is 0 Å². The summed E-state index contributed by atoms with van der Waals surface area (Å²) in [5.74, 6) is -2.83. The van der Waals surface area contributed by atoms with E-state index >= 15 is 0 Å². The highest BCUT2D eigenvalue weighted by atomic mass is 16.2. The van der Waals surface area contributed by atoms with Crippen molar-refractivity contribution in [1.82, 2.24) is 46.9 Å². The van der Waals surface area contributed by atoms with E-state index in [4.69, 9.17) is 5.73 Å². The van der Waals surface area contributed by atoms with Crippen LogP contribution in [0.2, 0.25) is 0 Å². The molecule has 2 heterocycles. The molecule has 0 aliphatic heterocycles. The molecule has 0 radical (unpaired) electrons. The number of para-hydroxylation sites is 1. The van der Waals surface area contributed by atoms with Crippen LogP contribution >= 0.6 is 0 Å². The molecule has 0 saturated heterocycles. The van der Waals surface area contributed by atoms with Crippen LogP contribution in [0.5, 0.6) is 0 Å². The average molecular weight is 819 g/mol. The molecule has 60 heavy (non-hydrogen) atoms. The van der Waals surface area contributed by atoms with Gasteiger partial charge >= 0.3 is 0 Å². The fourth-order valence-electron chi connectivity index (χ4n) is 6.93. The number of aromatic nitrogens is 3. The zero-order valence-corrected chi connectivity index (χ0v) is 34.2. The number of nitrogens with two attached hydrogens (primary N) is 1. The number of rotatable bonds is 26. The third-order valence-corrected chi connectivity index (χ3v) is 10.2. The van der Waals surface area contributed by atoms with Gasteiger partial charge in [-0.05, 0) is 61.5 Å². The van der Waals surface area contributed by atoms with Gasteiger partial charge in [-0.25, -0.2) is 4.98 Å².